The highest BCUT2D eigenvalue weighted by molar-refractivity contribution is 8.03. The quantitative estimate of drug-likeness (QED) is 0.0932. The van der Waals surface area contributed by atoms with Gasteiger partial charge in [-0.2, -0.15) is 0 Å². The van der Waals surface area contributed by atoms with Gasteiger partial charge in [-0.25, -0.2) is 0 Å². The summed E-state index contributed by atoms with van der Waals surface area (Å²) in [5.41, 5.74) is 17.4. The van der Waals surface area contributed by atoms with Crippen molar-refractivity contribution in [3.63, 3.8) is 0 Å². The number of rotatable bonds is 6. The summed E-state index contributed by atoms with van der Waals surface area (Å²) in [7, 11) is 0. The molecule has 0 radical (unpaired) electrons. The Labute approximate surface area is 424 Å². The first kappa shape index (κ1) is 41.4. The minimum Gasteiger partial charge on any atom is -0.341 e. The molecule has 0 N–H and O–H groups in total. The molecule has 0 unspecified atom stereocenters. The van der Waals surface area contributed by atoms with Gasteiger partial charge in [-0.1, -0.05) is 206 Å². The summed E-state index contributed by atoms with van der Waals surface area (Å²) in [4.78, 5) is 7.72. The van der Waals surface area contributed by atoms with Crippen LogP contribution in [0.1, 0.15) is 51.8 Å². The fourth-order valence-corrected chi connectivity index (χ4v) is 14.1. The summed E-state index contributed by atoms with van der Waals surface area (Å²) in [6.07, 6.45) is 16.8. The smallest absolute Gasteiger partial charge is 0.0714 e. The standard InChI is InChI=1S/C69H48N2S/c1-4-19-48(20-5-1)69(49-21-6-2-7-22-49)59-43-45(33-37-52(59)53-39-36-50(44-60(53)69)70-42-16-18-47-17-10-11-27-61(47)70)32-34-46-35-38-56-55-25-15-26-58-62(41-40-57(68(55)58)54-24-14-23-51(46)67(54)56)71-63-28-8-3-9-30-65(63)72-66-31-13-12-29-64(66)71/h1-15,17,19-29,31-41,43-44H,16,18,30,42H2. The summed E-state index contributed by atoms with van der Waals surface area (Å²) in [5.74, 6) is 0. The monoisotopic (exact) mass is 936 g/mol. The number of aryl methyl sites for hydroxylation is 1. The Bertz CT molecular complexity index is 4080. The summed E-state index contributed by atoms with van der Waals surface area (Å²) < 4.78 is 0. The van der Waals surface area contributed by atoms with Gasteiger partial charge in [-0.05, 0) is 156 Å². The van der Waals surface area contributed by atoms with Gasteiger partial charge >= 0.3 is 0 Å². The van der Waals surface area contributed by atoms with E-state index in [1.165, 1.54) is 131 Å². The third-order valence-electron chi connectivity index (χ3n) is 16.0. The zero-order valence-electron chi connectivity index (χ0n) is 39.7. The molecule has 0 fully saturated rings. The van der Waals surface area contributed by atoms with Crippen LogP contribution in [-0.4, -0.2) is 6.54 Å². The average molecular weight is 937 g/mol. The van der Waals surface area contributed by atoms with Crippen LogP contribution in [0.2, 0.25) is 0 Å². The number of hydrogen-bond acceptors (Lipinski definition) is 3. The van der Waals surface area contributed by atoms with Gasteiger partial charge in [-0.15, -0.1) is 0 Å². The molecule has 0 atom stereocenters. The van der Waals surface area contributed by atoms with Crippen molar-refractivity contribution >= 4 is 89.8 Å². The van der Waals surface area contributed by atoms with Crippen LogP contribution >= 0.6 is 11.8 Å². The minimum absolute atomic E-state index is 0.518. The topological polar surface area (TPSA) is 6.48 Å². The van der Waals surface area contributed by atoms with Gasteiger partial charge in [-0.3, -0.25) is 0 Å². The zero-order chi connectivity index (χ0) is 47.3. The molecule has 2 heterocycles. The van der Waals surface area contributed by atoms with E-state index in [2.05, 4.69) is 253 Å². The Hall–Kier alpha value is -8.37. The molecule has 11 aromatic rings. The molecular weight excluding hydrogens is 889 g/mol. The average Bonchev–Trinajstić information content (AvgIpc) is 3.53. The number of para-hydroxylation sites is 2. The minimum atomic E-state index is -0.518. The van der Waals surface area contributed by atoms with E-state index in [0.717, 1.165) is 25.8 Å². The van der Waals surface area contributed by atoms with E-state index < -0.39 is 5.41 Å². The van der Waals surface area contributed by atoms with E-state index in [1.54, 1.807) is 0 Å². The van der Waals surface area contributed by atoms with Crippen LogP contribution in [0.25, 0.3) is 66.4 Å². The molecule has 0 spiro atoms. The molecule has 4 aliphatic rings. The van der Waals surface area contributed by atoms with Crippen molar-refractivity contribution in [3.05, 3.63) is 280 Å². The lowest BCUT2D eigenvalue weighted by atomic mass is 9.67. The zero-order valence-corrected chi connectivity index (χ0v) is 40.5. The van der Waals surface area contributed by atoms with E-state index in [1.807, 2.05) is 11.8 Å². The van der Waals surface area contributed by atoms with Crippen LogP contribution in [-0.2, 0) is 11.8 Å². The maximum absolute atomic E-state index is 2.54. The highest BCUT2D eigenvalue weighted by Crippen LogP contribution is 2.58. The normalized spacial score (nSPS) is 15.6. The van der Waals surface area contributed by atoms with Crippen LogP contribution < -0.4 is 9.80 Å². The lowest BCUT2D eigenvalue weighted by molar-refractivity contribution is 0.756. The molecule has 0 amide bonds. The first-order valence-corrected chi connectivity index (χ1v) is 26.2. The lowest BCUT2D eigenvalue weighted by Crippen LogP contribution is -2.29. The number of fused-ring (bicyclic) bond motifs is 7. The van der Waals surface area contributed by atoms with E-state index in [4.69, 9.17) is 0 Å². The first-order valence-electron chi connectivity index (χ1n) is 25.4. The van der Waals surface area contributed by atoms with Gasteiger partial charge in [0.25, 0.3) is 0 Å². The Kier molecular flexibility index (Phi) is 9.40. The fourth-order valence-electron chi connectivity index (χ4n) is 13.0. The maximum Gasteiger partial charge on any atom is 0.0714 e. The highest BCUT2D eigenvalue weighted by Gasteiger charge is 2.46. The predicted octanol–water partition coefficient (Wildman–Crippen LogP) is 18.3. The largest absolute Gasteiger partial charge is 0.341 e. The molecule has 2 nitrogen and oxygen atoms in total. The molecule has 0 saturated heterocycles. The molecule has 340 valence electrons. The van der Waals surface area contributed by atoms with Gasteiger partial charge < -0.3 is 9.80 Å². The maximum atomic E-state index is 2.54. The molecule has 0 aromatic heterocycles. The number of thioether (sulfide) groups is 1. The van der Waals surface area contributed by atoms with Crippen molar-refractivity contribution in [1.29, 1.82) is 0 Å². The van der Waals surface area contributed by atoms with Gasteiger partial charge in [0.2, 0.25) is 0 Å². The molecule has 0 saturated carbocycles. The molecule has 0 bridgehead atoms. The van der Waals surface area contributed by atoms with E-state index >= 15 is 0 Å². The van der Waals surface area contributed by atoms with Crippen LogP contribution in [0.15, 0.2) is 246 Å². The predicted molar refractivity (Wildman–Crippen MR) is 306 cm³/mol. The summed E-state index contributed by atoms with van der Waals surface area (Å²) in [6.45, 7) is 1.00. The highest BCUT2D eigenvalue weighted by atomic mass is 32.2. The molecule has 15 rings (SSSR count). The molecule has 72 heavy (non-hydrogen) atoms. The molecule has 2 aliphatic carbocycles. The summed E-state index contributed by atoms with van der Waals surface area (Å²) >= 11 is 1.90. The molecule has 3 heteroatoms. The third kappa shape index (κ3) is 6.11. The van der Waals surface area contributed by atoms with Crippen LogP contribution in [0.5, 0.6) is 0 Å². The Morgan fingerprint density at radius 1 is 0.486 bits per heavy atom. The molecule has 2 aliphatic heterocycles. The number of hydrogen-bond donors (Lipinski definition) is 0. The van der Waals surface area contributed by atoms with Gasteiger partial charge in [0.05, 0.1) is 22.5 Å². The molecule has 11 aromatic carbocycles. The van der Waals surface area contributed by atoms with Crippen molar-refractivity contribution in [2.45, 2.75) is 29.6 Å². The van der Waals surface area contributed by atoms with Crippen LogP contribution in [0.4, 0.5) is 22.7 Å². The van der Waals surface area contributed by atoms with E-state index in [-0.39, 0.29) is 0 Å². The lowest BCUT2D eigenvalue weighted by Gasteiger charge is -2.36. The number of allylic oxidation sites excluding steroid dienone is 5. The van der Waals surface area contributed by atoms with E-state index in [0.29, 0.717) is 0 Å². The van der Waals surface area contributed by atoms with Crippen molar-refractivity contribution < 1.29 is 0 Å². The van der Waals surface area contributed by atoms with Crippen molar-refractivity contribution in [2.75, 3.05) is 16.3 Å². The fraction of sp³-hybridized carbons (Fsp3) is 0.0725. The SMILES string of the molecule is C1=CCC2=C(C=C1)N(c1ccc3c4cccc5c(C=Cc6ccc7c(c6)C(c6ccccc6)(c6ccccc6)c6cc(N8CCCc9ccccc98)ccc6-7)ccc(c6cccc1c63)c54)c1ccccc1S2. The van der Waals surface area contributed by atoms with E-state index in [9.17, 15) is 0 Å². The number of anilines is 4. The van der Waals surface area contributed by atoms with Crippen LogP contribution in [0, 0.1) is 0 Å². The van der Waals surface area contributed by atoms with Crippen molar-refractivity contribution in [1.82, 2.24) is 0 Å². The van der Waals surface area contributed by atoms with Crippen molar-refractivity contribution in [2.24, 2.45) is 0 Å². The first-order chi connectivity index (χ1) is 35.7. The Morgan fingerprint density at radius 3 is 1.94 bits per heavy atom. The number of nitrogens with zero attached hydrogens (tertiary/aromatic N) is 2. The second-order valence-electron chi connectivity index (χ2n) is 19.7. The van der Waals surface area contributed by atoms with Gasteiger partial charge in [0.15, 0.2) is 0 Å². The second kappa shape index (κ2) is 16.3. The summed E-state index contributed by atoms with van der Waals surface area (Å²) in [6, 6.07) is 77.9. The van der Waals surface area contributed by atoms with Gasteiger partial charge in [0, 0.05) is 33.1 Å². The number of benzene rings is 11. The summed E-state index contributed by atoms with van der Waals surface area (Å²) in [5, 5.41) is 10.3. The van der Waals surface area contributed by atoms with Crippen molar-refractivity contribution in [3.8, 4) is 11.1 Å². The Morgan fingerprint density at radius 2 is 1.14 bits per heavy atom. The Balaban J connectivity index is 0.868. The third-order valence-corrected chi connectivity index (χ3v) is 17.2. The molecular formula is C69H48N2S. The second-order valence-corrected chi connectivity index (χ2v) is 20.9. The van der Waals surface area contributed by atoms with Crippen LogP contribution in [0.3, 0.4) is 0 Å². The van der Waals surface area contributed by atoms with Gasteiger partial charge in [0.1, 0.15) is 0 Å².